The van der Waals surface area contributed by atoms with E-state index in [2.05, 4.69) is 0 Å². The molecule has 1 aliphatic heterocycles. The molecule has 23 heavy (non-hydrogen) atoms. The molecule has 1 fully saturated rings. The Bertz CT molecular complexity index is 820. The van der Waals surface area contributed by atoms with Gasteiger partial charge in [-0.05, 0) is 18.6 Å². The molecule has 2 heterocycles. The molecule has 0 saturated carbocycles. The van der Waals surface area contributed by atoms with Crippen LogP contribution in [0.1, 0.15) is 12.8 Å². The second-order valence-electron chi connectivity index (χ2n) is 5.90. The number of imidazole rings is 1. The van der Waals surface area contributed by atoms with Crippen LogP contribution in [0.2, 0.25) is 0 Å². The fourth-order valence-electron chi connectivity index (χ4n) is 3.13. The van der Waals surface area contributed by atoms with Gasteiger partial charge in [0.1, 0.15) is 0 Å². The van der Waals surface area contributed by atoms with E-state index in [0.29, 0.717) is 19.5 Å². The number of likely N-dealkylation sites (tertiary alicyclic amines) is 1. The van der Waals surface area contributed by atoms with Crippen LogP contribution in [0.25, 0.3) is 11.0 Å². The number of carboxylic acid groups (broad SMARTS) is 1. The molecule has 1 atom stereocenters. The molecule has 7 heteroatoms. The predicted molar refractivity (Wildman–Crippen MR) is 84.1 cm³/mol. The minimum Gasteiger partial charge on any atom is -0.481 e. The van der Waals surface area contributed by atoms with Gasteiger partial charge in [-0.15, -0.1) is 0 Å². The van der Waals surface area contributed by atoms with Gasteiger partial charge in [0.2, 0.25) is 5.91 Å². The zero-order valence-corrected chi connectivity index (χ0v) is 12.9. The smallest absolute Gasteiger partial charge is 0.328 e. The first-order chi connectivity index (χ1) is 11.0. The number of fused-ring (bicyclic) bond motifs is 1. The number of aliphatic carboxylic acids is 1. The maximum atomic E-state index is 12.3. The second kappa shape index (κ2) is 5.91. The van der Waals surface area contributed by atoms with Gasteiger partial charge in [-0.2, -0.15) is 0 Å². The lowest BCUT2D eigenvalue weighted by Gasteiger charge is -2.15. The zero-order valence-electron chi connectivity index (χ0n) is 12.9. The highest BCUT2D eigenvalue weighted by molar-refractivity contribution is 5.79. The summed E-state index contributed by atoms with van der Waals surface area (Å²) in [6.07, 6.45) is 0.690. The van der Waals surface area contributed by atoms with E-state index >= 15 is 0 Å². The van der Waals surface area contributed by atoms with Gasteiger partial charge in [0, 0.05) is 33.1 Å². The Morgan fingerprint density at radius 3 is 2.61 bits per heavy atom. The molecule has 0 unspecified atom stereocenters. The first kappa shape index (κ1) is 15.3. The van der Waals surface area contributed by atoms with Crippen LogP contribution in [0.15, 0.2) is 29.1 Å². The molecule has 0 radical (unpaired) electrons. The average molecular weight is 317 g/mol. The Labute approximate surface area is 132 Å². The van der Waals surface area contributed by atoms with Gasteiger partial charge in [0.25, 0.3) is 0 Å². The van der Waals surface area contributed by atoms with Crippen molar-refractivity contribution in [3.05, 3.63) is 34.7 Å². The van der Waals surface area contributed by atoms with Crippen molar-refractivity contribution in [1.29, 1.82) is 0 Å². The normalized spacial score (nSPS) is 17.8. The van der Waals surface area contributed by atoms with Gasteiger partial charge in [0.05, 0.1) is 17.0 Å². The van der Waals surface area contributed by atoms with Crippen LogP contribution in [0, 0.1) is 5.92 Å². The topological polar surface area (TPSA) is 84.5 Å². The van der Waals surface area contributed by atoms with E-state index in [0.717, 1.165) is 11.0 Å². The third-order valence-corrected chi connectivity index (χ3v) is 4.49. The molecule has 1 N–H and O–H groups in total. The molecule has 122 valence electrons. The van der Waals surface area contributed by atoms with Crippen molar-refractivity contribution in [3.8, 4) is 0 Å². The highest BCUT2D eigenvalue weighted by atomic mass is 16.4. The molecule has 0 bridgehead atoms. The molecule has 0 spiro atoms. The van der Waals surface area contributed by atoms with Crippen LogP contribution in [0.3, 0.4) is 0 Å². The van der Waals surface area contributed by atoms with Gasteiger partial charge in [-0.25, -0.2) is 4.79 Å². The summed E-state index contributed by atoms with van der Waals surface area (Å²) in [5, 5.41) is 8.99. The molecule has 1 aromatic carbocycles. The quantitative estimate of drug-likeness (QED) is 0.898. The maximum absolute atomic E-state index is 12.3. The van der Waals surface area contributed by atoms with Gasteiger partial charge in [-0.1, -0.05) is 12.1 Å². The third kappa shape index (κ3) is 2.74. The molecular formula is C16H19N3O4. The number of para-hydroxylation sites is 2. The summed E-state index contributed by atoms with van der Waals surface area (Å²) in [5.41, 5.74) is 1.48. The van der Waals surface area contributed by atoms with Crippen LogP contribution in [-0.2, 0) is 23.2 Å². The molecule has 3 rings (SSSR count). The Morgan fingerprint density at radius 1 is 1.26 bits per heavy atom. The fourth-order valence-corrected chi connectivity index (χ4v) is 3.13. The molecule has 1 amide bonds. The third-order valence-electron chi connectivity index (χ3n) is 4.49. The van der Waals surface area contributed by atoms with Gasteiger partial charge < -0.3 is 10.0 Å². The average Bonchev–Trinajstić information content (AvgIpc) is 3.12. The minimum absolute atomic E-state index is 0.103. The number of benzene rings is 1. The highest BCUT2D eigenvalue weighted by Crippen LogP contribution is 2.18. The van der Waals surface area contributed by atoms with Crippen LogP contribution >= 0.6 is 0 Å². The summed E-state index contributed by atoms with van der Waals surface area (Å²) in [7, 11) is 1.71. The number of rotatable bonds is 4. The summed E-state index contributed by atoms with van der Waals surface area (Å²) in [6.45, 7) is 1.03. The minimum atomic E-state index is -0.856. The summed E-state index contributed by atoms with van der Waals surface area (Å²) in [6, 6.07) is 7.45. The monoisotopic (exact) mass is 317 g/mol. The van der Waals surface area contributed by atoms with Crippen molar-refractivity contribution in [2.24, 2.45) is 13.0 Å². The lowest BCUT2D eigenvalue weighted by atomic mass is 10.1. The standard InChI is InChI=1S/C16H19N3O4/c1-17-12-4-2-3-5-13(12)19(16(17)23)9-7-14(20)18-8-6-11(10-18)15(21)22/h2-5,11H,6-10H2,1H3,(H,21,22)/t11-/m0/s1. The SMILES string of the molecule is Cn1c(=O)n(CCC(=O)N2CC[C@H](C(=O)O)C2)c2ccccc21. The van der Waals surface area contributed by atoms with E-state index in [1.165, 1.54) is 0 Å². The lowest BCUT2D eigenvalue weighted by Crippen LogP contribution is -2.32. The molecule has 2 aromatic rings. The van der Waals surface area contributed by atoms with E-state index in [1.54, 1.807) is 21.1 Å². The Kier molecular flexibility index (Phi) is 3.94. The summed E-state index contributed by atoms with van der Waals surface area (Å²) < 4.78 is 3.16. The van der Waals surface area contributed by atoms with Crippen molar-refractivity contribution in [2.75, 3.05) is 13.1 Å². The van der Waals surface area contributed by atoms with E-state index in [9.17, 15) is 14.4 Å². The fraction of sp³-hybridized carbons (Fsp3) is 0.438. The number of hydrogen-bond donors (Lipinski definition) is 1. The van der Waals surface area contributed by atoms with Crippen molar-refractivity contribution in [1.82, 2.24) is 14.0 Å². The molecule has 7 nitrogen and oxygen atoms in total. The van der Waals surface area contributed by atoms with E-state index in [4.69, 9.17) is 5.11 Å². The first-order valence-corrected chi connectivity index (χ1v) is 7.64. The Hall–Kier alpha value is -2.57. The van der Waals surface area contributed by atoms with Gasteiger partial charge in [0.15, 0.2) is 0 Å². The van der Waals surface area contributed by atoms with Crippen LogP contribution in [0.5, 0.6) is 0 Å². The second-order valence-corrected chi connectivity index (χ2v) is 5.90. The van der Waals surface area contributed by atoms with E-state index < -0.39 is 11.9 Å². The summed E-state index contributed by atoms with van der Waals surface area (Å²) >= 11 is 0. The molecule has 1 aromatic heterocycles. The summed E-state index contributed by atoms with van der Waals surface area (Å²) in [4.78, 5) is 37.1. The van der Waals surface area contributed by atoms with Crippen molar-refractivity contribution in [2.45, 2.75) is 19.4 Å². The number of hydrogen-bond acceptors (Lipinski definition) is 3. The van der Waals surface area contributed by atoms with Crippen molar-refractivity contribution < 1.29 is 14.7 Å². The number of carboxylic acids is 1. The van der Waals surface area contributed by atoms with Crippen molar-refractivity contribution >= 4 is 22.9 Å². The predicted octanol–water partition coefficient (Wildman–Crippen LogP) is 0.663. The van der Waals surface area contributed by atoms with Gasteiger partial charge in [-0.3, -0.25) is 18.7 Å². The van der Waals surface area contributed by atoms with E-state index in [1.807, 2.05) is 24.3 Å². The summed E-state index contributed by atoms with van der Waals surface area (Å²) in [5.74, 6) is -1.43. The number of carbonyl (C=O) groups is 2. The number of aryl methyl sites for hydroxylation is 2. The molecular weight excluding hydrogens is 298 g/mol. The molecule has 0 aliphatic carbocycles. The number of nitrogens with zero attached hydrogens (tertiary/aromatic N) is 3. The van der Waals surface area contributed by atoms with Crippen LogP contribution in [0.4, 0.5) is 0 Å². The molecule has 1 aliphatic rings. The van der Waals surface area contributed by atoms with Crippen molar-refractivity contribution in [3.63, 3.8) is 0 Å². The Balaban J connectivity index is 1.72. The zero-order chi connectivity index (χ0) is 16.6. The van der Waals surface area contributed by atoms with E-state index in [-0.39, 0.29) is 24.6 Å². The first-order valence-electron chi connectivity index (χ1n) is 7.64. The number of aromatic nitrogens is 2. The lowest BCUT2D eigenvalue weighted by molar-refractivity contribution is -0.141. The maximum Gasteiger partial charge on any atom is 0.328 e. The Morgan fingerprint density at radius 2 is 1.96 bits per heavy atom. The highest BCUT2D eigenvalue weighted by Gasteiger charge is 2.30. The van der Waals surface area contributed by atoms with Crippen LogP contribution in [-0.4, -0.2) is 44.1 Å². The number of amides is 1. The van der Waals surface area contributed by atoms with Crippen LogP contribution < -0.4 is 5.69 Å². The van der Waals surface area contributed by atoms with Gasteiger partial charge >= 0.3 is 11.7 Å². The molecule has 1 saturated heterocycles. The largest absolute Gasteiger partial charge is 0.481 e. The number of carbonyl (C=O) groups excluding carboxylic acids is 1.